The molecule has 0 saturated carbocycles. The molecule has 1 saturated heterocycles. The van der Waals surface area contributed by atoms with Crippen LogP contribution in [0.3, 0.4) is 0 Å². The maximum Gasteiger partial charge on any atom is 0.322 e. The van der Waals surface area contributed by atoms with Crippen molar-refractivity contribution in [3.63, 3.8) is 0 Å². The number of hydrogen-bond acceptors (Lipinski definition) is 4. The summed E-state index contributed by atoms with van der Waals surface area (Å²) in [4.78, 5) is 26.6. The number of ketones is 1. The number of anilines is 1. The fourth-order valence-electron chi connectivity index (χ4n) is 3.52. The average molecular weight is 382 g/mol. The summed E-state index contributed by atoms with van der Waals surface area (Å²) < 4.78 is 10.9. The molecule has 148 valence electrons. The highest BCUT2D eigenvalue weighted by Crippen LogP contribution is 2.35. The first kappa shape index (κ1) is 19.7. The molecule has 0 aromatic heterocycles. The second-order valence-corrected chi connectivity index (χ2v) is 6.76. The molecule has 1 aliphatic rings. The van der Waals surface area contributed by atoms with Crippen molar-refractivity contribution in [3.8, 4) is 11.5 Å². The Morgan fingerprint density at radius 3 is 2.75 bits per heavy atom. The largest absolute Gasteiger partial charge is 0.497 e. The summed E-state index contributed by atoms with van der Waals surface area (Å²) in [7, 11) is 1.63. The highest BCUT2D eigenvalue weighted by atomic mass is 16.5. The third-order valence-electron chi connectivity index (χ3n) is 4.92. The zero-order valence-corrected chi connectivity index (χ0v) is 16.5. The number of Topliss-reactive ketones (excluding diaryl/α,β-unsaturated/α-hetero) is 1. The van der Waals surface area contributed by atoms with Crippen molar-refractivity contribution < 1.29 is 19.1 Å². The molecule has 3 rings (SSSR count). The summed E-state index contributed by atoms with van der Waals surface area (Å²) in [5, 5.41) is 2.94. The van der Waals surface area contributed by atoms with Crippen LogP contribution in [-0.2, 0) is 0 Å². The fourth-order valence-corrected chi connectivity index (χ4v) is 3.52. The van der Waals surface area contributed by atoms with Gasteiger partial charge in [-0.15, -0.1) is 0 Å². The Kier molecular flexibility index (Phi) is 6.19. The van der Waals surface area contributed by atoms with Gasteiger partial charge in [0.25, 0.3) is 0 Å². The second kappa shape index (κ2) is 8.78. The number of likely N-dealkylation sites (tertiary alicyclic amines) is 1. The topological polar surface area (TPSA) is 67.9 Å². The predicted molar refractivity (Wildman–Crippen MR) is 108 cm³/mol. The van der Waals surface area contributed by atoms with Gasteiger partial charge in [-0.2, -0.15) is 0 Å². The van der Waals surface area contributed by atoms with E-state index < -0.39 is 0 Å². The Balaban J connectivity index is 1.83. The van der Waals surface area contributed by atoms with Gasteiger partial charge < -0.3 is 19.7 Å². The molecule has 1 atom stereocenters. The van der Waals surface area contributed by atoms with Crippen LogP contribution in [0.25, 0.3) is 0 Å². The highest BCUT2D eigenvalue weighted by molar-refractivity contribution is 5.98. The van der Waals surface area contributed by atoms with E-state index >= 15 is 0 Å². The summed E-state index contributed by atoms with van der Waals surface area (Å²) in [6.07, 6.45) is 1.83. The summed E-state index contributed by atoms with van der Waals surface area (Å²) >= 11 is 0. The Hall–Kier alpha value is -3.02. The molecule has 6 heteroatoms. The van der Waals surface area contributed by atoms with Crippen LogP contribution in [0, 0.1) is 0 Å². The summed E-state index contributed by atoms with van der Waals surface area (Å²) in [5.74, 6) is 1.27. The van der Waals surface area contributed by atoms with Crippen molar-refractivity contribution in [2.75, 3.05) is 25.6 Å². The van der Waals surface area contributed by atoms with Crippen LogP contribution in [0.2, 0.25) is 0 Å². The number of hydrogen-bond donors (Lipinski definition) is 1. The molecule has 0 radical (unpaired) electrons. The SMILES string of the molecule is CCOc1ccc(C(C)=O)cc1NC(=O)N1CCC[C@@H]1c1cccc(OC)c1. The second-order valence-electron chi connectivity index (χ2n) is 6.76. The summed E-state index contributed by atoms with van der Waals surface area (Å²) in [6, 6.07) is 12.7. The Morgan fingerprint density at radius 1 is 1.21 bits per heavy atom. The van der Waals surface area contributed by atoms with Crippen molar-refractivity contribution in [1.82, 2.24) is 4.90 Å². The first-order valence-corrected chi connectivity index (χ1v) is 9.52. The molecule has 1 fully saturated rings. The molecule has 2 amide bonds. The van der Waals surface area contributed by atoms with E-state index in [1.165, 1.54) is 6.92 Å². The highest BCUT2D eigenvalue weighted by Gasteiger charge is 2.30. The zero-order valence-electron chi connectivity index (χ0n) is 16.5. The average Bonchev–Trinajstić information content (AvgIpc) is 3.19. The van der Waals surface area contributed by atoms with Crippen LogP contribution in [0.5, 0.6) is 11.5 Å². The van der Waals surface area contributed by atoms with E-state index in [0.29, 0.717) is 30.2 Å². The molecule has 0 spiro atoms. The van der Waals surface area contributed by atoms with Gasteiger partial charge in [0.05, 0.1) is 25.4 Å². The zero-order chi connectivity index (χ0) is 20.1. The molecule has 2 aromatic carbocycles. The van der Waals surface area contributed by atoms with Crippen molar-refractivity contribution in [3.05, 3.63) is 53.6 Å². The number of rotatable bonds is 6. The van der Waals surface area contributed by atoms with Crippen molar-refractivity contribution in [2.24, 2.45) is 0 Å². The molecule has 0 unspecified atom stereocenters. The van der Waals surface area contributed by atoms with Crippen LogP contribution in [0.1, 0.15) is 48.7 Å². The molecule has 2 aromatic rings. The minimum absolute atomic E-state index is 0.0124. The molecule has 1 heterocycles. The normalized spacial score (nSPS) is 16.0. The molecular weight excluding hydrogens is 356 g/mol. The van der Waals surface area contributed by atoms with Gasteiger partial charge in [-0.3, -0.25) is 4.79 Å². The first-order chi connectivity index (χ1) is 13.5. The lowest BCUT2D eigenvalue weighted by molar-refractivity contribution is 0.101. The number of methoxy groups -OCH3 is 1. The van der Waals surface area contributed by atoms with E-state index in [2.05, 4.69) is 5.32 Å². The van der Waals surface area contributed by atoms with E-state index in [-0.39, 0.29) is 17.9 Å². The minimum Gasteiger partial charge on any atom is -0.497 e. The molecule has 28 heavy (non-hydrogen) atoms. The van der Waals surface area contributed by atoms with E-state index in [1.807, 2.05) is 36.1 Å². The lowest BCUT2D eigenvalue weighted by atomic mass is 10.0. The first-order valence-electron chi connectivity index (χ1n) is 9.52. The van der Waals surface area contributed by atoms with Crippen molar-refractivity contribution in [1.29, 1.82) is 0 Å². The van der Waals surface area contributed by atoms with Crippen molar-refractivity contribution in [2.45, 2.75) is 32.7 Å². The van der Waals surface area contributed by atoms with E-state index in [9.17, 15) is 9.59 Å². The quantitative estimate of drug-likeness (QED) is 0.738. The molecular formula is C22H26N2O4. The number of nitrogens with one attached hydrogen (secondary N) is 1. The van der Waals surface area contributed by atoms with Crippen LogP contribution in [0.4, 0.5) is 10.5 Å². The standard InChI is InChI=1S/C22H26N2O4/c1-4-28-21-11-10-16(15(2)25)14-19(21)23-22(26)24-12-6-9-20(24)17-7-5-8-18(13-17)27-3/h5,7-8,10-11,13-14,20H,4,6,9,12H2,1-3H3,(H,23,26)/t20-/m1/s1. The van der Waals surface area contributed by atoms with E-state index in [1.54, 1.807) is 25.3 Å². The molecule has 0 aliphatic carbocycles. The number of carbonyl (C=O) groups is 2. The smallest absolute Gasteiger partial charge is 0.322 e. The number of nitrogens with zero attached hydrogens (tertiary/aromatic N) is 1. The molecule has 1 N–H and O–H groups in total. The fraction of sp³-hybridized carbons (Fsp3) is 0.364. The lowest BCUT2D eigenvalue weighted by Crippen LogP contribution is -2.34. The van der Waals surface area contributed by atoms with Gasteiger partial charge in [-0.05, 0) is 62.6 Å². The van der Waals surface area contributed by atoms with Gasteiger partial charge in [0.1, 0.15) is 11.5 Å². The number of urea groups is 1. The maximum atomic E-state index is 13.0. The van der Waals surface area contributed by atoms with Gasteiger partial charge in [-0.1, -0.05) is 12.1 Å². The minimum atomic E-state index is -0.202. The van der Waals surface area contributed by atoms with Crippen molar-refractivity contribution >= 4 is 17.5 Å². The summed E-state index contributed by atoms with van der Waals surface area (Å²) in [5.41, 5.74) is 2.09. The van der Waals surface area contributed by atoms with Crippen LogP contribution < -0.4 is 14.8 Å². The maximum absolute atomic E-state index is 13.0. The monoisotopic (exact) mass is 382 g/mol. The van der Waals surface area contributed by atoms with Gasteiger partial charge in [0.2, 0.25) is 0 Å². The molecule has 1 aliphatic heterocycles. The summed E-state index contributed by atoms with van der Waals surface area (Å²) in [6.45, 7) is 4.52. The molecule has 0 bridgehead atoms. The Bertz CT molecular complexity index is 865. The van der Waals surface area contributed by atoms with Gasteiger partial charge in [0.15, 0.2) is 5.78 Å². The van der Waals surface area contributed by atoms with Crippen LogP contribution >= 0.6 is 0 Å². The Morgan fingerprint density at radius 2 is 2.04 bits per heavy atom. The third-order valence-corrected chi connectivity index (χ3v) is 4.92. The lowest BCUT2D eigenvalue weighted by Gasteiger charge is -2.26. The number of benzene rings is 2. The predicted octanol–water partition coefficient (Wildman–Crippen LogP) is 4.67. The third kappa shape index (κ3) is 4.27. The van der Waals surface area contributed by atoms with Gasteiger partial charge in [-0.25, -0.2) is 4.79 Å². The van der Waals surface area contributed by atoms with E-state index in [0.717, 1.165) is 24.2 Å². The molecule has 6 nitrogen and oxygen atoms in total. The Labute approximate surface area is 165 Å². The van der Waals surface area contributed by atoms with Gasteiger partial charge in [0, 0.05) is 12.1 Å². The van der Waals surface area contributed by atoms with Crippen LogP contribution in [0.15, 0.2) is 42.5 Å². The number of carbonyl (C=O) groups excluding carboxylic acids is 2. The number of amides is 2. The van der Waals surface area contributed by atoms with Crippen LogP contribution in [-0.4, -0.2) is 37.0 Å². The van der Waals surface area contributed by atoms with E-state index in [4.69, 9.17) is 9.47 Å². The van der Waals surface area contributed by atoms with Gasteiger partial charge >= 0.3 is 6.03 Å². The number of ether oxygens (including phenoxy) is 2.